The Bertz CT molecular complexity index is 1340. The molecule has 4 heterocycles. The highest BCUT2D eigenvalue weighted by Crippen LogP contribution is 2.27. The minimum atomic E-state index is -0.413. The van der Waals surface area contributed by atoms with Gasteiger partial charge in [-0.05, 0) is 39.1 Å². The summed E-state index contributed by atoms with van der Waals surface area (Å²) < 4.78 is 12.9. The number of aryl methyl sites for hydroxylation is 1. The first kappa shape index (κ1) is 19.6. The Morgan fingerprint density at radius 2 is 2.00 bits per heavy atom. The maximum atomic E-state index is 12.8. The second kappa shape index (κ2) is 7.39. The fourth-order valence-electron chi connectivity index (χ4n) is 4.12. The zero-order valence-electron chi connectivity index (χ0n) is 18.1. The number of benzene rings is 1. The number of likely N-dealkylation sites (N-methyl/N-ethyl adjacent to an activating group) is 1. The molecule has 0 saturated carbocycles. The van der Waals surface area contributed by atoms with Crippen molar-refractivity contribution in [2.45, 2.75) is 19.9 Å². The minimum Gasteiger partial charge on any atom is -0.478 e. The molecule has 0 radical (unpaired) electrons. The number of piperazine rings is 1. The van der Waals surface area contributed by atoms with Crippen LogP contribution < -0.4 is 15.3 Å². The normalized spacial score (nSPS) is 17.5. The SMILES string of the molecule is COc1nc(C)cn2cc(-c3cc4ccc(N5CCN(C)[C@H](C)C5)cc4oc3=O)nc12. The summed E-state index contributed by atoms with van der Waals surface area (Å²) in [6, 6.07) is 8.36. The van der Waals surface area contributed by atoms with E-state index in [1.54, 1.807) is 13.3 Å². The average Bonchev–Trinajstić information content (AvgIpc) is 3.17. The van der Waals surface area contributed by atoms with Crippen molar-refractivity contribution >= 4 is 22.3 Å². The molecule has 0 spiro atoms. The van der Waals surface area contributed by atoms with Gasteiger partial charge in [-0.1, -0.05) is 0 Å². The van der Waals surface area contributed by atoms with Crippen molar-refractivity contribution in [2.75, 3.05) is 38.7 Å². The van der Waals surface area contributed by atoms with Crippen LogP contribution in [0.1, 0.15) is 12.6 Å². The van der Waals surface area contributed by atoms with E-state index in [2.05, 4.69) is 39.8 Å². The number of hydrogen-bond acceptors (Lipinski definition) is 7. The topological polar surface area (TPSA) is 76.1 Å². The highest BCUT2D eigenvalue weighted by Gasteiger charge is 2.21. The van der Waals surface area contributed by atoms with Crippen molar-refractivity contribution in [3.63, 3.8) is 0 Å². The Morgan fingerprint density at radius 1 is 1.16 bits per heavy atom. The molecule has 8 nitrogen and oxygen atoms in total. The Balaban J connectivity index is 1.55. The van der Waals surface area contributed by atoms with Crippen LogP contribution >= 0.6 is 0 Å². The fourth-order valence-corrected chi connectivity index (χ4v) is 4.12. The van der Waals surface area contributed by atoms with Crippen LogP contribution in [0.3, 0.4) is 0 Å². The van der Waals surface area contributed by atoms with Crippen molar-refractivity contribution in [1.29, 1.82) is 0 Å². The molecule has 1 atom stereocenters. The molecule has 1 aromatic carbocycles. The number of aromatic nitrogens is 3. The van der Waals surface area contributed by atoms with E-state index in [9.17, 15) is 4.79 Å². The molecule has 1 fully saturated rings. The summed E-state index contributed by atoms with van der Waals surface area (Å²) in [7, 11) is 3.70. The molecule has 0 aliphatic carbocycles. The molecule has 31 heavy (non-hydrogen) atoms. The van der Waals surface area contributed by atoms with Crippen LogP contribution in [0.5, 0.6) is 5.88 Å². The summed E-state index contributed by atoms with van der Waals surface area (Å²) in [6.45, 7) is 7.00. The number of hydrogen-bond donors (Lipinski definition) is 0. The molecule has 1 saturated heterocycles. The number of ether oxygens (including phenoxy) is 1. The van der Waals surface area contributed by atoms with E-state index in [1.165, 1.54) is 0 Å². The number of nitrogens with zero attached hydrogens (tertiary/aromatic N) is 5. The van der Waals surface area contributed by atoms with Gasteiger partial charge in [-0.2, -0.15) is 0 Å². The van der Waals surface area contributed by atoms with Crippen molar-refractivity contribution < 1.29 is 9.15 Å². The summed E-state index contributed by atoms with van der Waals surface area (Å²) in [5.74, 6) is 0.419. The van der Waals surface area contributed by atoms with E-state index in [0.29, 0.717) is 34.4 Å². The number of rotatable bonds is 3. The van der Waals surface area contributed by atoms with Crippen LogP contribution in [0, 0.1) is 6.92 Å². The third-order valence-electron chi connectivity index (χ3n) is 6.04. The van der Waals surface area contributed by atoms with Crippen molar-refractivity contribution in [1.82, 2.24) is 19.3 Å². The molecule has 0 N–H and O–H groups in total. The first-order valence-electron chi connectivity index (χ1n) is 10.4. The molecular weight excluding hydrogens is 394 g/mol. The van der Waals surface area contributed by atoms with Crippen LogP contribution in [0.25, 0.3) is 27.9 Å². The Labute approximate surface area is 179 Å². The summed E-state index contributed by atoms with van der Waals surface area (Å²) in [5.41, 5.74) is 3.53. The average molecular weight is 419 g/mol. The second-order valence-corrected chi connectivity index (χ2v) is 8.19. The molecule has 4 aromatic rings. The van der Waals surface area contributed by atoms with E-state index in [0.717, 1.165) is 36.4 Å². The van der Waals surface area contributed by atoms with Gasteiger partial charge in [0, 0.05) is 55.2 Å². The molecule has 0 bridgehead atoms. The highest BCUT2D eigenvalue weighted by atomic mass is 16.5. The summed E-state index contributed by atoms with van der Waals surface area (Å²) in [6.07, 6.45) is 3.64. The quantitative estimate of drug-likeness (QED) is 0.473. The standard InChI is InChI=1S/C23H25N5O3/c1-14-11-28-13-19(25-21(28)22(24-14)30-4)18-9-16-5-6-17(10-20(16)31-23(18)29)27-8-7-26(3)15(2)12-27/h5-6,9-11,13,15H,7-8,12H2,1-4H3/t15-/m1/s1. The van der Waals surface area contributed by atoms with Gasteiger partial charge in [0.2, 0.25) is 5.65 Å². The van der Waals surface area contributed by atoms with E-state index in [-0.39, 0.29) is 0 Å². The van der Waals surface area contributed by atoms with Crippen LogP contribution in [0.4, 0.5) is 5.69 Å². The lowest BCUT2D eigenvalue weighted by atomic mass is 10.1. The first-order valence-corrected chi connectivity index (χ1v) is 10.4. The van der Waals surface area contributed by atoms with E-state index in [4.69, 9.17) is 9.15 Å². The number of imidazole rings is 1. The second-order valence-electron chi connectivity index (χ2n) is 8.19. The lowest BCUT2D eigenvalue weighted by Crippen LogP contribution is -2.50. The maximum absolute atomic E-state index is 12.8. The predicted octanol–water partition coefficient (Wildman–Crippen LogP) is 2.96. The fraction of sp³-hybridized carbons (Fsp3) is 0.348. The number of methoxy groups -OCH3 is 1. The van der Waals surface area contributed by atoms with Crippen molar-refractivity contribution in [3.05, 3.63) is 52.8 Å². The summed E-state index contributed by atoms with van der Waals surface area (Å²) >= 11 is 0. The molecule has 3 aromatic heterocycles. The van der Waals surface area contributed by atoms with Crippen molar-refractivity contribution in [2.24, 2.45) is 0 Å². The van der Waals surface area contributed by atoms with Gasteiger partial charge in [0.15, 0.2) is 0 Å². The van der Waals surface area contributed by atoms with Gasteiger partial charge in [-0.3, -0.25) is 0 Å². The Hall–Kier alpha value is -3.39. The predicted molar refractivity (Wildman–Crippen MR) is 120 cm³/mol. The smallest absolute Gasteiger partial charge is 0.345 e. The van der Waals surface area contributed by atoms with Gasteiger partial charge in [0.1, 0.15) is 5.58 Å². The summed E-state index contributed by atoms with van der Waals surface area (Å²) in [4.78, 5) is 26.4. The van der Waals surface area contributed by atoms with E-state index in [1.807, 2.05) is 35.7 Å². The molecule has 1 aliphatic rings. The maximum Gasteiger partial charge on any atom is 0.345 e. The zero-order chi connectivity index (χ0) is 21.7. The van der Waals surface area contributed by atoms with E-state index < -0.39 is 5.63 Å². The van der Waals surface area contributed by atoms with Crippen LogP contribution in [0.2, 0.25) is 0 Å². The van der Waals surface area contributed by atoms with Crippen LogP contribution in [0.15, 0.2) is 45.9 Å². The highest BCUT2D eigenvalue weighted by molar-refractivity contribution is 5.84. The molecule has 160 valence electrons. The molecule has 1 aliphatic heterocycles. The summed E-state index contributed by atoms with van der Waals surface area (Å²) in [5, 5.41) is 0.860. The molecule has 0 unspecified atom stereocenters. The first-order chi connectivity index (χ1) is 14.9. The van der Waals surface area contributed by atoms with Gasteiger partial charge in [-0.25, -0.2) is 14.8 Å². The van der Waals surface area contributed by atoms with E-state index >= 15 is 0 Å². The molecule has 8 heteroatoms. The molecular formula is C23H25N5O3. The number of fused-ring (bicyclic) bond motifs is 2. The van der Waals surface area contributed by atoms with Gasteiger partial charge in [-0.15, -0.1) is 0 Å². The molecule has 0 amide bonds. The number of anilines is 1. The Morgan fingerprint density at radius 3 is 2.77 bits per heavy atom. The minimum absolute atomic E-state index is 0.413. The van der Waals surface area contributed by atoms with Gasteiger partial charge in [0.25, 0.3) is 5.88 Å². The van der Waals surface area contributed by atoms with Gasteiger partial charge < -0.3 is 23.4 Å². The van der Waals surface area contributed by atoms with Crippen LogP contribution in [-0.2, 0) is 0 Å². The van der Waals surface area contributed by atoms with Crippen molar-refractivity contribution in [3.8, 4) is 17.1 Å². The lowest BCUT2D eigenvalue weighted by Gasteiger charge is -2.39. The third-order valence-corrected chi connectivity index (χ3v) is 6.04. The third kappa shape index (κ3) is 3.42. The largest absolute Gasteiger partial charge is 0.478 e. The Kier molecular flexibility index (Phi) is 4.66. The van der Waals surface area contributed by atoms with Gasteiger partial charge in [0.05, 0.1) is 24.1 Å². The lowest BCUT2D eigenvalue weighted by molar-refractivity contribution is 0.234. The molecule has 5 rings (SSSR count). The monoisotopic (exact) mass is 419 g/mol. The zero-order valence-corrected chi connectivity index (χ0v) is 18.1. The van der Waals surface area contributed by atoms with Gasteiger partial charge >= 0.3 is 5.63 Å². The van der Waals surface area contributed by atoms with Crippen LogP contribution in [-0.4, -0.2) is 59.1 Å².